The first-order chi connectivity index (χ1) is 8.06. The van der Waals surface area contributed by atoms with Crippen molar-refractivity contribution in [1.29, 1.82) is 0 Å². The summed E-state index contributed by atoms with van der Waals surface area (Å²) in [5, 5.41) is 2.29. The lowest BCUT2D eigenvalue weighted by Gasteiger charge is -2.22. The van der Waals surface area contributed by atoms with Gasteiger partial charge in [0.2, 0.25) is 0 Å². The first-order valence-electron chi connectivity index (χ1n) is 5.53. The molecule has 0 spiro atoms. The molecule has 0 atom stereocenters. The van der Waals surface area contributed by atoms with Crippen LogP contribution in [0.1, 0.15) is 19.4 Å². The third-order valence-electron chi connectivity index (χ3n) is 3.04. The fourth-order valence-electron chi connectivity index (χ4n) is 1.79. The number of methoxy groups -OCH3 is 1. The van der Waals surface area contributed by atoms with Crippen molar-refractivity contribution in [1.82, 2.24) is 0 Å². The minimum atomic E-state index is -0.478. The van der Waals surface area contributed by atoms with Crippen molar-refractivity contribution in [2.75, 3.05) is 7.11 Å². The number of fused-ring (bicyclic) bond motifs is 1. The molecule has 90 valence electrons. The maximum absolute atomic E-state index is 5.31. The molecule has 3 nitrogen and oxygen atoms in total. The van der Waals surface area contributed by atoms with Crippen LogP contribution in [-0.2, 0) is 10.4 Å². The first-order valence-corrected chi connectivity index (χ1v) is 5.53. The molecule has 0 aliphatic rings. The van der Waals surface area contributed by atoms with E-state index < -0.39 is 5.60 Å². The maximum Gasteiger partial charge on any atom is 0.119 e. The summed E-state index contributed by atoms with van der Waals surface area (Å²) in [5.74, 6) is 6.17. The molecule has 2 rings (SSSR count). The number of ether oxygens (including phenoxy) is 1. The van der Waals surface area contributed by atoms with Gasteiger partial charge in [-0.05, 0) is 48.4 Å². The third-order valence-corrected chi connectivity index (χ3v) is 3.04. The van der Waals surface area contributed by atoms with Gasteiger partial charge in [-0.25, -0.2) is 5.90 Å². The zero-order chi connectivity index (χ0) is 12.5. The van der Waals surface area contributed by atoms with Gasteiger partial charge in [0, 0.05) is 0 Å². The van der Waals surface area contributed by atoms with Crippen LogP contribution >= 0.6 is 0 Å². The lowest BCUT2D eigenvalue weighted by atomic mass is 9.95. The van der Waals surface area contributed by atoms with Gasteiger partial charge in [-0.3, -0.25) is 4.84 Å². The average molecular weight is 231 g/mol. The summed E-state index contributed by atoms with van der Waals surface area (Å²) >= 11 is 0. The van der Waals surface area contributed by atoms with Crippen molar-refractivity contribution in [3.8, 4) is 5.75 Å². The van der Waals surface area contributed by atoms with E-state index in [-0.39, 0.29) is 0 Å². The lowest BCUT2D eigenvalue weighted by molar-refractivity contribution is -0.0235. The van der Waals surface area contributed by atoms with Crippen molar-refractivity contribution >= 4 is 10.8 Å². The molecule has 2 aromatic carbocycles. The Labute approximate surface area is 101 Å². The Kier molecular flexibility index (Phi) is 3.05. The summed E-state index contributed by atoms with van der Waals surface area (Å²) in [6, 6.07) is 12.1. The predicted octanol–water partition coefficient (Wildman–Crippen LogP) is 2.97. The number of hydrogen-bond donors (Lipinski definition) is 1. The fourth-order valence-corrected chi connectivity index (χ4v) is 1.79. The van der Waals surface area contributed by atoms with Crippen molar-refractivity contribution in [3.63, 3.8) is 0 Å². The summed E-state index contributed by atoms with van der Waals surface area (Å²) in [5.41, 5.74) is 0.575. The fraction of sp³-hybridized carbons (Fsp3) is 0.286. The Bertz CT molecular complexity index is 535. The number of benzene rings is 2. The molecule has 3 heteroatoms. The van der Waals surface area contributed by atoms with E-state index in [1.54, 1.807) is 7.11 Å². The quantitative estimate of drug-likeness (QED) is 0.826. The molecule has 0 amide bonds. The molecule has 0 saturated carbocycles. The molecule has 0 heterocycles. The van der Waals surface area contributed by atoms with Gasteiger partial charge in [-0.1, -0.05) is 18.2 Å². The van der Waals surface area contributed by atoms with Gasteiger partial charge in [-0.15, -0.1) is 0 Å². The largest absolute Gasteiger partial charge is 0.497 e. The van der Waals surface area contributed by atoms with Crippen LogP contribution in [0, 0.1) is 0 Å². The van der Waals surface area contributed by atoms with E-state index in [0.717, 1.165) is 22.1 Å². The zero-order valence-corrected chi connectivity index (χ0v) is 10.4. The van der Waals surface area contributed by atoms with Crippen LogP contribution in [0.15, 0.2) is 36.4 Å². The molecule has 17 heavy (non-hydrogen) atoms. The molecule has 2 aromatic rings. The number of nitrogens with two attached hydrogens (primary N) is 1. The van der Waals surface area contributed by atoms with Crippen LogP contribution < -0.4 is 10.6 Å². The molecule has 0 unspecified atom stereocenters. The van der Waals surface area contributed by atoms with Crippen LogP contribution in [-0.4, -0.2) is 7.11 Å². The van der Waals surface area contributed by atoms with Gasteiger partial charge >= 0.3 is 0 Å². The van der Waals surface area contributed by atoms with Crippen LogP contribution in [0.2, 0.25) is 0 Å². The Morgan fingerprint density at radius 1 is 1.00 bits per heavy atom. The van der Waals surface area contributed by atoms with E-state index in [9.17, 15) is 0 Å². The highest BCUT2D eigenvalue weighted by molar-refractivity contribution is 5.84. The second-order valence-electron chi connectivity index (χ2n) is 4.56. The molecule has 0 aromatic heterocycles. The minimum absolute atomic E-state index is 0.478. The van der Waals surface area contributed by atoms with Gasteiger partial charge < -0.3 is 4.74 Å². The monoisotopic (exact) mass is 231 g/mol. The highest BCUT2D eigenvalue weighted by Gasteiger charge is 2.20. The predicted molar refractivity (Wildman–Crippen MR) is 68.8 cm³/mol. The first kappa shape index (κ1) is 11.9. The maximum atomic E-state index is 5.31. The van der Waals surface area contributed by atoms with Gasteiger partial charge in [0.1, 0.15) is 11.4 Å². The highest BCUT2D eigenvalue weighted by Crippen LogP contribution is 2.28. The summed E-state index contributed by atoms with van der Waals surface area (Å²) < 4.78 is 5.20. The molecular weight excluding hydrogens is 214 g/mol. The average Bonchev–Trinajstić information content (AvgIpc) is 2.37. The second kappa shape index (κ2) is 4.35. The van der Waals surface area contributed by atoms with Crippen LogP contribution in [0.25, 0.3) is 10.8 Å². The standard InChI is InChI=1S/C14H17NO2/c1-14(2,17-15)12-6-4-11-9-13(16-3)7-5-10(11)8-12/h4-9H,15H2,1-3H3. The zero-order valence-electron chi connectivity index (χ0n) is 10.4. The minimum Gasteiger partial charge on any atom is -0.497 e. The third kappa shape index (κ3) is 2.25. The molecular formula is C14H17NO2. The SMILES string of the molecule is COc1ccc2cc(C(C)(C)ON)ccc2c1. The second-order valence-corrected chi connectivity index (χ2v) is 4.56. The molecule has 0 fully saturated rings. The lowest BCUT2D eigenvalue weighted by Crippen LogP contribution is -2.25. The molecule has 0 saturated heterocycles. The molecule has 0 bridgehead atoms. The van der Waals surface area contributed by atoms with Gasteiger partial charge in [0.25, 0.3) is 0 Å². The number of rotatable bonds is 3. The van der Waals surface area contributed by atoms with E-state index >= 15 is 0 Å². The molecule has 0 radical (unpaired) electrons. The van der Waals surface area contributed by atoms with Crippen molar-refractivity contribution in [2.24, 2.45) is 5.90 Å². The summed E-state index contributed by atoms with van der Waals surface area (Å²) in [6.45, 7) is 3.88. The Morgan fingerprint density at radius 3 is 2.29 bits per heavy atom. The highest BCUT2D eigenvalue weighted by atomic mass is 16.6. The van der Waals surface area contributed by atoms with Gasteiger partial charge in [-0.2, -0.15) is 0 Å². The van der Waals surface area contributed by atoms with Gasteiger partial charge in [0.15, 0.2) is 0 Å². The van der Waals surface area contributed by atoms with E-state index in [4.69, 9.17) is 15.5 Å². The Morgan fingerprint density at radius 2 is 1.65 bits per heavy atom. The van der Waals surface area contributed by atoms with Crippen LogP contribution in [0.3, 0.4) is 0 Å². The summed E-state index contributed by atoms with van der Waals surface area (Å²) in [4.78, 5) is 4.99. The van der Waals surface area contributed by atoms with Crippen LogP contribution in [0.4, 0.5) is 0 Å². The van der Waals surface area contributed by atoms with Crippen molar-refractivity contribution < 1.29 is 9.57 Å². The van der Waals surface area contributed by atoms with E-state index in [1.165, 1.54) is 0 Å². The topological polar surface area (TPSA) is 44.5 Å². The molecule has 0 aliphatic heterocycles. The van der Waals surface area contributed by atoms with E-state index in [2.05, 4.69) is 6.07 Å². The van der Waals surface area contributed by atoms with Crippen molar-refractivity contribution in [3.05, 3.63) is 42.0 Å². The van der Waals surface area contributed by atoms with E-state index in [0.29, 0.717) is 0 Å². The Balaban J connectivity index is 2.52. The molecule has 2 N–H and O–H groups in total. The smallest absolute Gasteiger partial charge is 0.119 e. The number of hydrogen-bond acceptors (Lipinski definition) is 3. The van der Waals surface area contributed by atoms with E-state index in [1.807, 2.05) is 44.2 Å². The van der Waals surface area contributed by atoms with Gasteiger partial charge in [0.05, 0.1) is 7.11 Å². The normalized spacial score (nSPS) is 11.8. The van der Waals surface area contributed by atoms with Crippen molar-refractivity contribution in [2.45, 2.75) is 19.4 Å². The summed E-state index contributed by atoms with van der Waals surface area (Å²) in [6.07, 6.45) is 0. The van der Waals surface area contributed by atoms with Crippen LogP contribution in [0.5, 0.6) is 5.75 Å². The summed E-state index contributed by atoms with van der Waals surface area (Å²) in [7, 11) is 1.67. The Hall–Kier alpha value is -1.58. The molecule has 0 aliphatic carbocycles.